The molecule has 3 heteroatoms. The lowest BCUT2D eigenvalue weighted by Crippen LogP contribution is -2.46. The molecule has 0 amide bonds. The van der Waals surface area contributed by atoms with Gasteiger partial charge >= 0.3 is 0 Å². The molecule has 2 unspecified atom stereocenters. The zero-order valence-electron chi connectivity index (χ0n) is 13.6. The Balaban J connectivity index is 2.16. The van der Waals surface area contributed by atoms with E-state index >= 15 is 0 Å². The van der Waals surface area contributed by atoms with Crippen LogP contribution in [0.15, 0.2) is 6.07 Å². The lowest BCUT2D eigenvalue weighted by atomic mass is 9.96. The number of hydrogen-bond acceptors (Lipinski definition) is 2. The molecule has 2 atom stereocenters. The number of nitrogens with zero attached hydrogens (tertiary/aromatic N) is 2. The minimum Gasteiger partial charge on any atom is -0.349 e. The van der Waals surface area contributed by atoms with Crippen molar-refractivity contribution in [1.82, 2.24) is 9.47 Å². The van der Waals surface area contributed by atoms with Crippen molar-refractivity contribution in [2.75, 3.05) is 6.54 Å². The number of Topliss-reactive ketones (excluding diaryl/α,β-unsaturated/α-hetero) is 1. The van der Waals surface area contributed by atoms with E-state index in [1.54, 1.807) is 0 Å². The standard InChI is InChI=1S/C17H28N2O/c1-6-18-14(4)10-16(15(18)5)17(20)11-19-12(2)8-7-9-13(19)3/h10,12-13H,6-9,11H2,1-5H3. The van der Waals surface area contributed by atoms with Gasteiger partial charge in [-0.1, -0.05) is 6.42 Å². The van der Waals surface area contributed by atoms with Crippen LogP contribution in [0.3, 0.4) is 0 Å². The molecule has 20 heavy (non-hydrogen) atoms. The third-order valence-electron chi connectivity index (χ3n) is 4.89. The molecule has 1 aliphatic heterocycles. The van der Waals surface area contributed by atoms with Crippen molar-refractivity contribution in [1.29, 1.82) is 0 Å². The summed E-state index contributed by atoms with van der Waals surface area (Å²) in [6.45, 7) is 12.3. The fourth-order valence-electron chi connectivity index (χ4n) is 3.61. The second kappa shape index (κ2) is 6.13. The van der Waals surface area contributed by atoms with E-state index in [1.165, 1.54) is 25.0 Å². The lowest BCUT2D eigenvalue weighted by molar-refractivity contribution is 0.0733. The summed E-state index contributed by atoms with van der Waals surface area (Å²) in [6.07, 6.45) is 3.72. The summed E-state index contributed by atoms with van der Waals surface area (Å²) >= 11 is 0. The molecule has 0 aliphatic carbocycles. The van der Waals surface area contributed by atoms with Gasteiger partial charge in [-0.3, -0.25) is 9.69 Å². The molecule has 1 aromatic heterocycles. The van der Waals surface area contributed by atoms with Gasteiger partial charge in [-0.25, -0.2) is 0 Å². The molecule has 1 saturated heterocycles. The van der Waals surface area contributed by atoms with E-state index in [-0.39, 0.29) is 5.78 Å². The highest BCUT2D eigenvalue weighted by atomic mass is 16.1. The average Bonchev–Trinajstić information content (AvgIpc) is 2.69. The van der Waals surface area contributed by atoms with Crippen molar-refractivity contribution in [3.8, 4) is 0 Å². The molecule has 112 valence electrons. The third kappa shape index (κ3) is 2.83. The smallest absolute Gasteiger partial charge is 0.178 e. The SMILES string of the molecule is CCn1c(C)cc(C(=O)CN2C(C)CCCC2C)c1C. The average molecular weight is 276 g/mol. The number of piperidine rings is 1. The topological polar surface area (TPSA) is 25.2 Å². The first-order chi connectivity index (χ1) is 9.45. The largest absolute Gasteiger partial charge is 0.349 e. The molecule has 1 fully saturated rings. The van der Waals surface area contributed by atoms with E-state index in [0.717, 1.165) is 17.8 Å². The predicted octanol–water partition coefficient (Wildman–Crippen LogP) is 3.57. The second-order valence-corrected chi connectivity index (χ2v) is 6.25. The molecule has 3 nitrogen and oxygen atoms in total. The number of hydrogen-bond donors (Lipinski definition) is 0. The third-order valence-corrected chi connectivity index (χ3v) is 4.89. The van der Waals surface area contributed by atoms with Crippen molar-refractivity contribution in [2.24, 2.45) is 0 Å². The van der Waals surface area contributed by atoms with Gasteiger partial charge in [0.2, 0.25) is 0 Å². The normalized spacial score (nSPS) is 24.1. The fourth-order valence-corrected chi connectivity index (χ4v) is 3.61. The van der Waals surface area contributed by atoms with Gasteiger partial charge in [-0.2, -0.15) is 0 Å². The molecule has 2 rings (SSSR count). The Morgan fingerprint density at radius 2 is 1.85 bits per heavy atom. The van der Waals surface area contributed by atoms with Gasteiger partial charge in [0.15, 0.2) is 5.78 Å². The minimum absolute atomic E-state index is 0.276. The highest BCUT2D eigenvalue weighted by Gasteiger charge is 2.27. The van der Waals surface area contributed by atoms with Gasteiger partial charge < -0.3 is 4.57 Å². The molecule has 0 N–H and O–H groups in total. The van der Waals surface area contributed by atoms with Crippen LogP contribution in [-0.4, -0.2) is 33.9 Å². The molecular formula is C17H28N2O. The Hall–Kier alpha value is -1.09. The number of carbonyl (C=O) groups is 1. The number of carbonyl (C=O) groups excluding carboxylic acids is 1. The molecule has 0 saturated carbocycles. The molecule has 1 aliphatic rings. The van der Waals surface area contributed by atoms with Crippen LogP contribution in [0.2, 0.25) is 0 Å². The number of likely N-dealkylation sites (tertiary alicyclic amines) is 1. The number of aromatic nitrogens is 1. The summed E-state index contributed by atoms with van der Waals surface area (Å²) in [5.74, 6) is 0.276. The van der Waals surface area contributed by atoms with Crippen LogP contribution in [0.4, 0.5) is 0 Å². The van der Waals surface area contributed by atoms with Crippen molar-refractivity contribution >= 4 is 5.78 Å². The van der Waals surface area contributed by atoms with E-state index < -0.39 is 0 Å². The van der Waals surface area contributed by atoms with Gasteiger partial charge in [0.25, 0.3) is 0 Å². The maximum absolute atomic E-state index is 12.7. The van der Waals surface area contributed by atoms with Gasteiger partial charge in [0.1, 0.15) is 0 Å². The maximum Gasteiger partial charge on any atom is 0.178 e. The zero-order valence-corrected chi connectivity index (χ0v) is 13.6. The van der Waals surface area contributed by atoms with Crippen molar-refractivity contribution < 1.29 is 4.79 Å². The quantitative estimate of drug-likeness (QED) is 0.786. The summed E-state index contributed by atoms with van der Waals surface area (Å²) in [6, 6.07) is 3.11. The first-order valence-corrected chi connectivity index (χ1v) is 7.91. The first-order valence-electron chi connectivity index (χ1n) is 7.91. The Morgan fingerprint density at radius 3 is 2.35 bits per heavy atom. The molecule has 0 radical (unpaired) electrons. The molecule has 0 aromatic carbocycles. The summed E-state index contributed by atoms with van der Waals surface area (Å²) in [4.78, 5) is 15.0. The van der Waals surface area contributed by atoms with Crippen molar-refractivity contribution in [3.63, 3.8) is 0 Å². The minimum atomic E-state index is 0.276. The highest BCUT2D eigenvalue weighted by Crippen LogP contribution is 2.23. The van der Waals surface area contributed by atoms with Crippen molar-refractivity contribution in [2.45, 2.75) is 72.5 Å². The Labute approximate surface area is 123 Å². The van der Waals surface area contributed by atoms with Gasteiger partial charge in [-0.05, 0) is 53.5 Å². The molecular weight excluding hydrogens is 248 g/mol. The monoisotopic (exact) mass is 276 g/mol. The van der Waals surface area contributed by atoms with Crippen LogP contribution < -0.4 is 0 Å². The molecule has 0 bridgehead atoms. The van der Waals surface area contributed by atoms with E-state index in [9.17, 15) is 4.79 Å². The zero-order chi connectivity index (χ0) is 14.9. The van der Waals surface area contributed by atoms with Gasteiger partial charge in [0, 0.05) is 35.6 Å². The Morgan fingerprint density at radius 1 is 1.25 bits per heavy atom. The molecule has 1 aromatic rings. The van der Waals surface area contributed by atoms with Crippen LogP contribution in [-0.2, 0) is 6.54 Å². The fraction of sp³-hybridized carbons (Fsp3) is 0.706. The van der Waals surface area contributed by atoms with Crippen LogP contribution in [0.25, 0.3) is 0 Å². The van der Waals surface area contributed by atoms with E-state index in [1.807, 2.05) is 0 Å². The number of rotatable bonds is 4. The Bertz CT molecular complexity index is 479. The first kappa shape index (κ1) is 15.3. The second-order valence-electron chi connectivity index (χ2n) is 6.25. The van der Waals surface area contributed by atoms with Crippen LogP contribution in [0, 0.1) is 13.8 Å². The lowest BCUT2D eigenvalue weighted by Gasteiger charge is -2.38. The van der Waals surface area contributed by atoms with E-state index in [0.29, 0.717) is 18.6 Å². The maximum atomic E-state index is 12.7. The number of ketones is 1. The highest BCUT2D eigenvalue weighted by molar-refractivity contribution is 5.99. The molecule has 2 heterocycles. The van der Waals surface area contributed by atoms with Gasteiger partial charge in [-0.15, -0.1) is 0 Å². The summed E-state index contributed by atoms with van der Waals surface area (Å²) in [5.41, 5.74) is 3.22. The number of aryl methyl sites for hydroxylation is 1. The van der Waals surface area contributed by atoms with Crippen molar-refractivity contribution in [3.05, 3.63) is 23.0 Å². The van der Waals surface area contributed by atoms with Gasteiger partial charge in [0.05, 0.1) is 6.54 Å². The van der Waals surface area contributed by atoms with Crippen LogP contribution >= 0.6 is 0 Å². The Kier molecular flexibility index (Phi) is 4.69. The summed E-state index contributed by atoms with van der Waals surface area (Å²) in [5, 5.41) is 0. The molecule has 0 spiro atoms. The van der Waals surface area contributed by atoms with E-state index in [4.69, 9.17) is 0 Å². The van der Waals surface area contributed by atoms with Crippen LogP contribution in [0.1, 0.15) is 61.8 Å². The predicted molar refractivity (Wildman–Crippen MR) is 83.4 cm³/mol. The van der Waals surface area contributed by atoms with Crippen LogP contribution in [0.5, 0.6) is 0 Å². The summed E-state index contributed by atoms with van der Waals surface area (Å²) in [7, 11) is 0. The van der Waals surface area contributed by atoms with E-state index in [2.05, 4.69) is 50.2 Å². The summed E-state index contributed by atoms with van der Waals surface area (Å²) < 4.78 is 2.22.